The van der Waals surface area contributed by atoms with Crippen molar-refractivity contribution in [1.82, 2.24) is 9.97 Å². The molecule has 0 fully saturated rings. The molecule has 0 saturated heterocycles. The monoisotopic (exact) mass is 268 g/mol. The number of nitrogens with two attached hydrogens (primary N) is 1. The number of nitrogens with zero attached hydrogens (tertiary/aromatic N) is 3. The molecule has 1 aromatic carbocycles. The molecule has 2 N–H and O–H groups in total. The maximum absolute atomic E-state index is 5.97. The minimum absolute atomic E-state index is 0.310. The Morgan fingerprint density at radius 3 is 2.80 bits per heavy atom. The second kappa shape index (κ2) is 5.59. The molecule has 2 aromatic rings. The quantitative estimate of drug-likeness (QED) is 0.924. The van der Waals surface area contributed by atoms with Crippen LogP contribution in [0, 0.1) is 0 Å². The van der Waals surface area contributed by atoms with E-state index in [2.05, 4.69) is 52.1 Å². The predicted octanol–water partition coefficient (Wildman–Crippen LogP) is 1.93. The number of aromatic nitrogens is 2. The van der Waals surface area contributed by atoms with Crippen LogP contribution in [0.4, 0.5) is 5.82 Å². The maximum atomic E-state index is 5.97. The first-order valence-electron chi connectivity index (χ1n) is 7.16. The highest BCUT2D eigenvalue weighted by molar-refractivity contribution is 5.46. The zero-order valence-electron chi connectivity index (χ0n) is 11.8. The van der Waals surface area contributed by atoms with Crippen molar-refractivity contribution >= 4 is 5.82 Å². The van der Waals surface area contributed by atoms with E-state index in [-0.39, 0.29) is 0 Å². The molecule has 20 heavy (non-hydrogen) atoms. The Balaban J connectivity index is 1.95. The SMILES string of the molecule is CCc1cc(N2Cc3ccccc3CC2CN)ncn1. The van der Waals surface area contributed by atoms with Crippen LogP contribution in [0.2, 0.25) is 0 Å². The number of aryl methyl sites for hydroxylation is 1. The third kappa shape index (κ3) is 2.39. The summed E-state index contributed by atoms with van der Waals surface area (Å²) in [4.78, 5) is 11.0. The van der Waals surface area contributed by atoms with Gasteiger partial charge in [0.25, 0.3) is 0 Å². The average Bonchev–Trinajstić information content (AvgIpc) is 2.53. The lowest BCUT2D eigenvalue weighted by molar-refractivity contribution is 0.555. The van der Waals surface area contributed by atoms with Crippen molar-refractivity contribution in [2.75, 3.05) is 11.4 Å². The molecule has 0 amide bonds. The van der Waals surface area contributed by atoms with Gasteiger partial charge in [-0.25, -0.2) is 9.97 Å². The summed E-state index contributed by atoms with van der Waals surface area (Å²) >= 11 is 0. The van der Waals surface area contributed by atoms with Gasteiger partial charge in [-0.3, -0.25) is 0 Å². The molecule has 1 aliphatic rings. The van der Waals surface area contributed by atoms with Gasteiger partial charge >= 0.3 is 0 Å². The van der Waals surface area contributed by atoms with Crippen molar-refractivity contribution in [3.05, 3.63) is 53.5 Å². The highest BCUT2D eigenvalue weighted by Crippen LogP contribution is 2.27. The highest BCUT2D eigenvalue weighted by atomic mass is 15.2. The lowest BCUT2D eigenvalue weighted by Gasteiger charge is -2.37. The molecular weight excluding hydrogens is 248 g/mol. The van der Waals surface area contributed by atoms with E-state index in [0.29, 0.717) is 12.6 Å². The van der Waals surface area contributed by atoms with Crippen LogP contribution >= 0.6 is 0 Å². The average molecular weight is 268 g/mol. The summed E-state index contributed by atoms with van der Waals surface area (Å²) in [7, 11) is 0. The molecule has 1 atom stereocenters. The summed E-state index contributed by atoms with van der Waals surface area (Å²) in [6.45, 7) is 3.62. The Morgan fingerprint density at radius 1 is 1.25 bits per heavy atom. The van der Waals surface area contributed by atoms with Gasteiger partial charge in [0.05, 0.1) is 0 Å². The Bertz CT molecular complexity index is 597. The van der Waals surface area contributed by atoms with E-state index in [1.165, 1.54) is 11.1 Å². The minimum Gasteiger partial charge on any atom is -0.348 e. The molecule has 1 unspecified atom stereocenters. The maximum Gasteiger partial charge on any atom is 0.132 e. The highest BCUT2D eigenvalue weighted by Gasteiger charge is 2.26. The Morgan fingerprint density at radius 2 is 2.05 bits per heavy atom. The summed E-state index contributed by atoms with van der Waals surface area (Å²) in [5.41, 5.74) is 9.82. The van der Waals surface area contributed by atoms with E-state index < -0.39 is 0 Å². The molecule has 0 saturated carbocycles. The summed E-state index contributed by atoms with van der Waals surface area (Å²) < 4.78 is 0. The summed E-state index contributed by atoms with van der Waals surface area (Å²) in [6.07, 6.45) is 3.56. The van der Waals surface area contributed by atoms with Crippen LogP contribution in [-0.2, 0) is 19.4 Å². The number of fused-ring (bicyclic) bond motifs is 1. The van der Waals surface area contributed by atoms with E-state index in [4.69, 9.17) is 5.73 Å². The van der Waals surface area contributed by atoms with Crippen molar-refractivity contribution in [2.24, 2.45) is 5.73 Å². The van der Waals surface area contributed by atoms with E-state index in [9.17, 15) is 0 Å². The number of hydrogen-bond donors (Lipinski definition) is 1. The lowest BCUT2D eigenvalue weighted by atomic mass is 9.94. The molecular formula is C16H20N4. The minimum atomic E-state index is 0.310. The van der Waals surface area contributed by atoms with Crippen molar-refractivity contribution < 1.29 is 0 Å². The van der Waals surface area contributed by atoms with Crippen molar-refractivity contribution in [1.29, 1.82) is 0 Å². The predicted molar refractivity (Wildman–Crippen MR) is 80.6 cm³/mol. The molecule has 0 spiro atoms. The van der Waals surface area contributed by atoms with Crippen LogP contribution in [0.1, 0.15) is 23.7 Å². The summed E-state index contributed by atoms with van der Waals surface area (Å²) in [5, 5.41) is 0. The third-order valence-electron chi connectivity index (χ3n) is 3.99. The Hall–Kier alpha value is -1.94. The van der Waals surface area contributed by atoms with E-state index in [1.807, 2.05) is 0 Å². The molecule has 0 aliphatic carbocycles. The fourth-order valence-corrected chi connectivity index (χ4v) is 2.80. The van der Waals surface area contributed by atoms with Crippen LogP contribution in [0.5, 0.6) is 0 Å². The van der Waals surface area contributed by atoms with Gasteiger partial charge in [-0.1, -0.05) is 31.2 Å². The van der Waals surface area contributed by atoms with Gasteiger partial charge in [-0.15, -0.1) is 0 Å². The van der Waals surface area contributed by atoms with E-state index in [0.717, 1.165) is 30.9 Å². The van der Waals surface area contributed by atoms with Gasteiger partial charge in [0, 0.05) is 30.9 Å². The summed E-state index contributed by atoms with van der Waals surface area (Å²) in [6, 6.07) is 11.0. The zero-order chi connectivity index (χ0) is 13.9. The molecule has 3 rings (SSSR count). The van der Waals surface area contributed by atoms with Gasteiger partial charge in [0.2, 0.25) is 0 Å². The molecule has 4 nitrogen and oxygen atoms in total. The van der Waals surface area contributed by atoms with Crippen molar-refractivity contribution in [3.8, 4) is 0 Å². The number of rotatable bonds is 3. The Labute approximate surface area is 119 Å². The zero-order valence-corrected chi connectivity index (χ0v) is 11.8. The van der Waals surface area contributed by atoms with Crippen LogP contribution in [0.3, 0.4) is 0 Å². The number of benzene rings is 1. The molecule has 1 aromatic heterocycles. The van der Waals surface area contributed by atoms with E-state index in [1.54, 1.807) is 6.33 Å². The van der Waals surface area contributed by atoms with Crippen molar-refractivity contribution in [3.63, 3.8) is 0 Å². The van der Waals surface area contributed by atoms with Crippen LogP contribution in [0.15, 0.2) is 36.7 Å². The molecule has 0 bridgehead atoms. The molecule has 104 valence electrons. The first-order valence-corrected chi connectivity index (χ1v) is 7.16. The fourth-order valence-electron chi connectivity index (χ4n) is 2.80. The lowest BCUT2D eigenvalue weighted by Crippen LogP contribution is -2.45. The first-order chi connectivity index (χ1) is 9.81. The molecule has 0 radical (unpaired) electrons. The second-order valence-corrected chi connectivity index (χ2v) is 5.21. The van der Waals surface area contributed by atoms with Crippen LogP contribution < -0.4 is 10.6 Å². The topological polar surface area (TPSA) is 55.0 Å². The second-order valence-electron chi connectivity index (χ2n) is 5.21. The normalized spacial score (nSPS) is 17.9. The molecule has 2 heterocycles. The fraction of sp³-hybridized carbons (Fsp3) is 0.375. The Kier molecular flexibility index (Phi) is 3.65. The number of hydrogen-bond acceptors (Lipinski definition) is 4. The summed E-state index contributed by atoms with van der Waals surface area (Å²) in [5.74, 6) is 0.988. The largest absolute Gasteiger partial charge is 0.348 e. The van der Waals surface area contributed by atoms with Gasteiger partial charge in [-0.05, 0) is 24.0 Å². The van der Waals surface area contributed by atoms with Gasteiger partial charge < -0.3 is 10.6 Å². The smallest absolute Gasteiger partial charge is 0.132 e. The van der Waals surface area contributed by atoms with Crippen LogP contribution in [0.25, 0.3) is 0 Å². The van der Waals surface area contributed by atoms with Crippen LogP contribution in [-0.4, -0.2) is 22.6 Å². The van der Waals surface area contributed by atoms with Crippen molar-refractivity contribution in [2.45, 2.75) is 32.4 Å². The number of anilines is 1. The first kappa shape index (κ1) is 13.1. The molecule has 1 aliphatic heterocycles. The molecule has 4 heteroatoms. The van der Waals surface area contributed by atoms with Gasteiger partial charge in [0.15, 0.2) is 0 Å². The van der Waals surface area contributed by atoms with Gasteiger partial charge in [-0.2, -0.15) is 0 Å². The van der Waals surface area contributed by atoms with Gasteiger partial charge in [0.1, 0.15) is 12.1 Å². The van der Waals surface area contributed by atoms with E-state index >= 15 is 0 Å². The standard InChI is InChI=1S/C16H20N4/c1-2-14-8-16(19-11-18-14)20-10-13-6-4-3-5-12(13)7-15(20)9-17/h3-6,8,11,15H,2,7,9-10,17H2,1H3. The third-order valence-corrected chi connectivity index (χ3v) is 3.99.